The second-order valence-corrected chi connectivity index (χ2v) is 8.02. The van der Waals surface area contributed by atoms with Crippen LogP contribution in [0.5, 0.6) is 0 Å². The molecule has 0 aliphatic carbocycles. The lowest BCUT2D eigenvalue weighted by Gasteiger charge is -2.32. The Morgan fingerprint density at radius 2 is 1.93 bits per heavy atom. The van der Waals surface area contributed by atoms with Crippen LogP contribution in [0.3, 0.4) is 0 Å². The van der Waals surface area contributed by atoms with Gasteiger partial charge in [0, 0.05) is 31.4 Å². The van der Waals surface area contributed by atoms with Crippen molar-refractivity contribution in [3.63, 3.8) is 0 Å². The minimum Gasteiger partial charge on any atom is -0.450 e. The van der Waals surface area contributed by atoms with Gasteiger partial charge in [-0.25, -0.2) is 9.59 Å². The van der Waals surface area contributed by atoms with Gasteiger partial charge in [0.25, 0.3) is 0 Å². The lowest BCUT2D eigenvalue weighted by molar-refractivity contribution is -0.126. The number of para-hydroxylation sites is 1. The minimum atomic E-state index is -0.473. The van der Waals surface area contributed by atoms with Crippen molar-refractivity contribution in [3.8, 4) is 0 Å². The van der Waals surface area contributed by atoms with E-state index in [1.54, 1.807) is 11.8 Å². The van der Waals surface area contributed by atoms with Crippen molar-refractivity contribution in [3.05, 3.63) is 30.3 Å². The number of piperidine rings is 1. The summed E-state index contributed by atoms with van der Waals surface area (Å²) < 4.78 is 4.95. The molecule has 4 amide bonds. The molecule has 8 nitrogen and oxygen atoms in total. The number of benzene rings is 1. The summed E-state index contributed by atoms with van der Waals surface area (Å²) >= 11 is 0. The second kappa shape index (κ2) is 12.0. The van der Waals surface area contributed by atoms with Crippen molar-refractivity contribution in [2.75, 3.05) is 31.6 Å². The number of anilines is 1. The highest BCUT2D eigenvalue weighted by molar-refractivity contribution is 5.90. The number of carbonyl (C=O) groups is 3. The van der Waals surface area contributed by atoms with E-state index in [-0.39, 0.29) is 23.9 Å². The van der Waals surface area contributed by atoms with Gasteiger partial charge in [0.2, 0.25) is 5.91 Å². The smallest absolute Gasteiger partial charge is 0.407 e. The van der Waals surface area contributed by atoms with Crippen molar-refractivity contribution >= 4 is 23.7 Å². The van der Waals surface area contributed by atoms with Gasteiger partial charge in [-0.1, -0.05) is 32.0 Å². The summed E-state index contributed by atoms with van der Waals surface area (Å²) in [7, 11) is 0. The number of amides is 4. The maximum Gasteiger partial charge on any atom is 0.407 e. The molecule has 3 N–H and O–H groups in total. The van der Waals surface area contributed by atoms with Crippen molar-refractivity contribution < 1.29 is 19.1 Å². The first-order valence-electron chi connectivity index (χ1n) is 10.7. The average Bonchev–Trinajstić information content (AvgIpc) is 2.72. The Morgan fingerprint density at radius 1 is 1.20 bits per heavy atom. The number of rotatable bonds is 8. The van der Waals surface area contributed by atoms with Crippen LogP contribution in [0.25, 0.3) is 0 Å². The molecule has 166 valence electrons. The number of ether oxygens (including phenoxy) is 1. The molecule has 8 heteroatoms. The highest BCUT2D eigenvalue weighted by atomic mass is 16.5. The Morgan fingerprint density at radius 3 is 2.60 bits per heavy atom. The molecule has 1 heterocycles. The Labute approximate surface area is 178 Å². The molecular formula is C22H34N4O4. The van der Waals surface area contributed by atoms with Crippen LogP contribution < -0.4 is 16.0 Å². The SMILES string of the molecule is CCOC(=O)NC(CNC(=O)C1CCCN(C(=O)Nc2ccccc2)C1)CC(C)C. The number of hydrogen-bond acceptors (Lipinski definition) is 4. The Bertz CT molecular complexity index is 696. The van der Waals surface area contributed by atoms with E-state index in [1.807, 2.05) is 30.3 Å². The fourth-order valence-electron chi connectivity index (χ4n) is 3.57. The fourth-order valence-corrected chi connectivity index (χ4v) is 3.57. The standard InChI is InChI=1S/C22H34N4O4/c1-4-30-22(29)25-19(13-16(2)3)14-23-20(27)17-9-8-12-26(15-17)21(28)24-18-10-6-5-7-11-18/h5-7,10-11,16-17,19H,4,8-9,12-15H2,1-3H3,(H,23,27)(H,24,28)(H,25,29). The molecule has 2 unspecified atom stereocenters. The lowest BCUT2D eigenvalue weighted by Crippen LogP contribution is -2.50. The third-order valence-corrected chi connectivity index (χ3v) is 4.98. The largest absolute Gasteiger partial charge is 0.450 e. The molecule has 1 saturated heterocycles. The molecule has 1 aromatic carbocycles. The highest BCUT2D eigenvalue weighted by Crippen LogP contribution is 2.18. The van der Waals surface area contributed by atoms with Gasteiger partial charge in [0.15, 0.2) is 0 Å². The second-order valence-electron chi connectivity index (χ2n) is 8.02. The first-order valence-corrected chi connectivity index (χ1v) is 10.7. The van der Waals surface area contributed by atoms with Crippen molar-refractivity contribution in [1.82, 2.24) is 15.5 Å². The van der Waals surface area contributed by atoms with E-state index in [0.29, 0.717) is 32.2 Å². The summed E-state index contributed by atoms with van der Waals surface area (Å²) in [6.07, 6.45) is 1.77. The van der Waals surface area contributed by atoms with Crippen LogP contribution in [0.4, 0.5) is 15.3 Å². The molecule has 0 spiro atoms. The normalized spacial score (nSPS) is 17.2. The predicted molar refractivity (Wildman–Crippen MR) is 116 cm³/mol. The van der Waals surface area contributed by atoms with Gasteiger partial charge in [0.05, 0.1) is 12.5 Å². The molecular weight excluding hydrogens is 384 g/mol. The number of likely N-dealkylation sites (tertiary alicyclic amines) is 1. The molecule has 30 heavy (non-hydrogen) atoms. The molecule has 0 radical (unpaired) electrons. The number of nitrogens with zero attached hydrogens (tertiary/aromatic N) is 1. The highest BCUT2D eigenvalue weighted by Gasteiger charge is 2.29. The topological polar surface area (TPSA) is 99.8 Å². The zero-order valence-electron chi connectivity index (χ0n) is 18.1. The number of nitrogens with one attached hydrogen (secondary N) is 3. The number of hydrogen-bond donors (Lipinski definition) is 3. The van der Waals surface area contributed by atoms with Gasteiger partial charge in [-0.15, -0.1) is 0 Å². The van der Waals surface area contributed by atoms with Crippen molar-refractivity contribution in [1.29, 1.82) is 0 Å². The van der Waals surface area contributed by atoms with Gasteiger partial charge in [-0.3, -0.25) is 4.79 Å². The van der Waals surface area contributed by atoms with Crippen LogP contribution in [0.2, 0.25) is 0 Å². The van der Waals surface area contributed by atoms with Crippen LogP contribution in [0.15, 0.2) is 30.3 Å². The van der Waals surface area contributed by atoms with Gasteiger partial charge < -0.3 is 25.6 Å². The summed E-state index contributed by atoms with van der Waals surface area (Å²) in [4.78, 5) is 38.7. The molecule has 1 fully saturated rings. The minimum absolute atomic E-state index is 0.0911. The molecule has 0 saturated carbocycles. The zero-order valence-corrected chi connectivity index (χ0v) is 18.1. The van der Waals surface area contributed by atoms with Gasteiger partial charge >= 0.3 is 12.1 Å². The monoisotopic (exact) mass is 418 g/mol. The first-order chi connectivity index (χ1) is 14.4. The summed E-state index contributed by atoms with van der Waals surface area (Å²) in [5.41, 5.74) is 0.732. The van der Waals surface area contributed by atoms with Crippen molar-refractivity contribution in [2.24, 2.45) is 11.8 Å². The van der Waals surface area contributed by atoms with Crippen LogP contribution in [0.1, 0.15) is 40.0 Å². The summed E-state index contributed by atoms with van der Waals surface area (Å²) in [5.74, 6) is 0.00914. The van der Waals surface area contributed by atoms with Crippen LogP contribution in [-0.4, -0.2) is 55.2 Å². The Hall–Kier alpha value is -2.77. The zero-order chi connectivity index (χ0) is 21.9. The predicted octanol–water partition coefficient (Wildman–Crippen LogP) is 3.21. The number of urea groups is 1. The van der Waals surface area contributed by atoms with Gasteiger partial charge in [-0.05, 0) is 44.2 Å². The van der Waals surface area contributed by atoms with E-state index in [4.69, 9.17) is 4.74 Å². The molecule has 1 aromatic rings. The van der Waals surface area contributed by atoms with Crippen LogP contribution >= 0.6 is 0 Å². The number of carbonyl (C=O) groups excluding carboxylic acids is 3. The summed E-state index contributed by atoms with van der Waals surface area (Å²) in [5, 5.41) is 8.63. The Kier molecular flexibility index (Phi) is 9.44. The molecule has 1 aliphatic rings. The lowest BCUT2D eigenvalue weighted by atomic mass is 9.97. The van der Waals surface area contributed by atoms with Crippen LogP contribution in [-0.2, 0) is 9.53 Å². The molecule has 0 bridgehead atoms. The Balaban J connectivity index is 1.85. The summed E-state index contributed by atoms with van der Waals surface area (Å²) in [6.45, 7) is 7.52. The van der Waals surface area contributed by atoms with Crippen molar-refractivity contribution in [2.45, 2.75) is 46.1 Å². The number of alkyl carbamates (subject to hydrolysis) is 1. The van der Waals surface area contributed by atoms with E-state index in [1.165, 1.54) is 0 Å². The molecule has 0 aromatic heterocycles. The first kappa shape index (κ1) is 23.5. The average molecular weight is 419 g/mol. The molecule has 1 aliphatic heterocycles. The van der Waals surface area contributed by atoms with E-state index >= 15 is 0 Å². The van der Waals surface area contributed by atoms with E-state index < -0.39 is 6.09 Å². The van der Waals surface area contributed by atoms with Gasteiger partial charge in [-0.2, -0.15) is 0 Å². The maximum atomic E-state index is 12.7. The summed E-state index contributed by atoms with van der Waals surface area (Å²) in [6, 6.07) is 8.88. The maximum absolute atomic E-state index is 12.7. The molecule has 2 rings (SSSR count). The van der Waals surface area contributed by atoms with E-state index in [9.17, 15) is 14.4 Å². The molecule has 2 atom stereocenters. The van der Waals surface area contributed by atoms with Crippen LogP contribution in [0, 0.1) is 11.8 Å². The van der Waals surface area contributed by atoms with Gasteiger partial charge in [0.1, 0.15) is 0 Å². The fraction of sp³-hybridized carbons (Fsp3) is 0.591. The van der Waals surface area contributed by atoms with E-state index in [2.05, 4.69) is 29.8 Å². The third-order valence-electron chi connectivity index (χ3n) is 4.98. The third kappa shape index (κ3) is 7.93. The van der Waals surface area contributed by atoms with E-state index in [0.717, 1.165) is 24.9 Å². The quantitative estimate of drug-likeness (QED) is 0.604.